The van der Waals surface area contributed by atoms with E-state index in [1.807, 2.05) is 24.3 Å². The fourth-order valence-electron chi connectivity index (χ4n) is 6.21. The van der Waals surface area contributed by atoms with Gasteiger partial charge in [0.15, 0.2) is 23.8 Å². The summed E-state index contributed by atoms with van der Waals surface area (Å²) >= 11 is 0. The summed E-state index contributed by atoms with van der Waals surface area (Å²) in [5.41, 5.74) is 51.1. The maximum absolute atomic E-state index is 14.1. The zero-order valence-electron chi connectivity index (χ0n) is 35.7. The Labute approximate surface area is 369 Å². The molecule has 0 saturated heterocycles. The molecule has 0 saturated carbocycles. The Morgan fingerprint density at radius 2 is 0.969 bits per heavy atom. The summed E-state index contributed by atoms with van der Waals surface area (Å²) in [5, 5.41) is 23.9. The second-order valence-electron chi connectivity index (χ2n) is 14.6. The van der Waals surface area contributed by atoms with Gasteiger partial charge in [-0.25, -0.2) is 0 Å². The number of nitrogens with two attached hydrogens (primary N) is 9. The van der Waals surface area contributed by atoms with Crippen LogP contribution in [-0.4, -0.2) is 139 Å². The maximum Gasteiger partial charge on any atom is 0.245 e. The Morgan fingerprint density at radius 1 is 0.578 bits per heavy atom. The number of H-pyrrole nitrogens is 1. The van der Waals surface area contributed by atoms with Gasteiger partial charge in [0, 0.05) is 49.7 Å². The predicted molar refractivity (Wildman–Crippen MR) is 242 cm³/mol. The van der Waals surface area contributed by atoms with Gasteiger partial charge in [-0.05, 0) is 63.0 Å². The summed E-state index contributed by atoms with van der Waals surface area (Å²) < 4.78 is 0. The van der Waals surface area contributed by atoms with Gasteiger partial charge in [0.2, 0.25) is 29.5 Å². The van der Waals surface area contributed by atoms with Crippen LogP contribution in [0.15, 0.2) is 50.4 Å². The smallest absolute Gasteiger partial charge is 0.245 e. The minimum atomic E-state index is -1.55. The summed E-state index contributed by atoms with van der Waals surface area (Å²) in [6.07, 6.45) is 3.34. The fourth-order valence-corrected chi connectivity index (χ4v) is 6.21. The van der Waals surface area contributed by atoms with Crippen LogP contribution < -0.4 is 78.2 Å². The number of guanidine groups is 4. The molecule has 6 atom stereocenters. The van der Waals surface area contributed by atoms with Gasteiger partial charge in [-0.3, -0.25) is 43.9 Å². The zero-order valence-corrected chi connectivity index (χ0v) is 35.7. The van der Waals surface area contributed by atoms with Crippen molar-refractivity contribution in [3.8, 4) is 0 Å². The first-order chi connectivity index (χ1) is 30.4. The van der Waals surface area contributed by atoms with E-state index < -0.39 is 72.4 Å². The molecule has 2 aromatic rings. The number of fused-ring (bicyclic) bond motifs is 1. The number of aldehydes is 1. The molecule has 1 heterocycles. The Bertz CT molecular complexity index is 1950. The first-order valence-corrected chi connectivity index (χ1v) is 20.6. The van der Waals surface area contributed by atoms with E-state index in [0.29, 0.717) is 12.7 Å². The molecule has 0 spiro atoms. The standard InChI is InChI=1S/C38H65N19O7/c39-24(8-3-13-48-35(40)41)30(60)54-26(10-4-14-49-36(42)43)31(61)55-27(11-5-15-50-37(44)45)32(62)56-28(12-6-16-51-38(46)47)33(63)57-29(20-59)34(64)53-22(19-58)17-21-18-52-25-9-2-1-7-23(21)25/h1-2,7,9,18-19,22,24,26-29,52,59H,3-6,8,10-17,20,39H2,(H,53,64)(H,54,60)(H,55,61)(H,56,62)(H,57,63)(H4,40,41,48)(H4,42,43,49)(H4,44,45,50)(H4,46,47,51)/t22-,24-,26-,27-,28-,29-/m0/s1. The quantitative estimate of drug-likeness (QED) is 0.0150. The Balaban J connectivity index is 2.33. The summed E-state index contributed by atoms with van der Waals surface area (Å²) in [5.74, 6) is -4.78. The molecule has 0 bridgehead atoms. The Kier molecular flexibility index (Phi) is 23.5. The number of benzene rings is 1. The monoisotopic (exact) mass is 900 g/mol. The Morgan fingerprint density at radius 3 is 1.39 bits per heavy atom. The molecule has 354 valence electrons. The number of hydrogen-bond donors (Lipinski definition) is 16. The lowest BCUT2D eigenvalue weighted by atomic mass is 10.0. The first-order valence-electron chi connectivity index (χ1n) is 20.6. The molecule has 5 amide bonds. The van der Waals surface area contributed by atoms with E-state index in [1.165, 1.54) is 0 Å². The topological polar surface area (TPSA) is 482 Å². The summed E-state index contributed by atoms with van der Waals surface area (Å²) in [7, 11) is 0. The molecule has 0 radical (unpaired) electrons. The van der Waals surface area contributed by atoms with Gasteiger partial charge in [-0.2, -0.15) is 0 Å². The largest absolute Gasteiger partial charge is 0.394 e. The molecule has 26 nitrogen and oxygen atoms in total. The number of nitrogens with one attached hydrogen (secondary N) is 6. The number of nitrogens with zero attached hydrogens (tertiary/aromatic N) is 4. The Hall–Kier alpha value is -7.22. The van der Waals surface area contributed by atoms with E-state index in [0.717, 1.165) is 16.5 Å². The van der Waals surface area contributed by atoms with Crippen LogP contribution in [0.1, 0.15) is 56.9 Å². The molecule has 0 aliphatic carbocycles. The molecule has 25 N–H and O–H groups in total. The van der Waals surface area contributed by atoms with Crippen molar-refractivity contribution in [1.29, 1.82) is 0 Å². The van der Waals surface area contributed by atoms with Gasteiger partial charge in [-0.1, -0.05) is 18.2 Å². The second kappa shape index (κ2) is 28.4. The zero-order chi connectivity index (χ0) is 47.6. The highest BCUT2D eigenvalue weighted by atomic mass is 16.3. The van der Waals surface area contributed by atoms with Crippen molar-refractivity contribution in [1.82, 2.24) is 31.6 Å². The number of aromatic nitrogens is 1. The van der Waals surface area contributed by atoms with E-state index in [1.54, 1.807) is 6.20 Å². The molecule has 0 fully saturated rings. The highest BCUT2D eigenvalue weighted by Crippen LogP contribution is 2.19. The summed E-state index contributed by atoms with van der Waals surface area (Å²) in [6, 6.07) is -0.179. The summed E-state index contributed by atoms with van der Waals surface area (Å²) in [4.78, 5) is 99.0. The number of amides is 5. The molecule has 0 aliphatic heterocycles. The summed E-state index contributed by atoms with van der Waals surface area (Å²) in [6.45, 7) is -0.427. The number of rotatable bonds is 30. The number of aromatic amines is 1. The van der Waals surface area contributed by atoms with Gasteiger partial charge in [0.1, 0.15) is 30.5 Å². The molecule has 26 heteroatoms. The van der Waals surface area contributed by atoms with Crippen molar-refractivity contribution in [3.63, 3.8) is 0 Å². The molecular formula is C38H65N19O7. The number of aliphatic hydroxyl groups is 1. The van der Waals surface area contributed by atoms with Crippen LogP contribution in [-0.2, 0) is 35.2 Å². The third kappa shape index (κ3) is 20.1. The maximum atomic E-state index is 14.1. The van der Waals surface area contributed by atoms with Crippen molar-refractivity contribution in [3.05, 3.63) is 36.0 Å². The molecule has 0 aliphatic rings. The van der Waals surface area contributed by atoms with Crippen LogP contribution >= 0.6 is 0 Å². The lowest BCUT2D eigenvalue weighted by Gasteiger charge is -2.27. The normalized spacial score (nSPS) is 13.6. The van der Waals surface area contributed by atoms with E-state index >= 15 is 0 Å². The van der Waals surface area contributed by atoms with E-state index in [2.05, 4.69) is 51.5 Å². The van der Waals surface area contributed by atoms with Crippen molar-refractivity contribution >= 4 is 70.6 Å². The fraction of sp³-hybridized carbons (Fsp3) is 0.526. The van der Waals surface area contributed by atoms with Crippen LogP contribution in [0.25, 0.3) is 10.9 Å². The number of aliphatic imine (C=N–C) groups is 4. The third-order valence-electron chi connectivity index (χ3n) is 9.46. The second-order valence-corrected chi connectivity index (χ2v) is 14.6. The third-order valence-corrected chi connectivity index (χ3v) is 9.46. The van der Waals surface area contributed by atoms with Gasteiger partial charge in [0.05, 0.1) is 18.7 Å². The van der Waals surface area contributed by atoms with Gasteiger partial charge < -0.3 is 93.1 Å². The average molecular weight is 900 g/mol. The highest BCUT2D eigenvalue weighted by molar-refractivity contribution is 5.96. The van der Waals surface area contributed by atoms with Crippen molar-refractivity contribution in [2.24, 2.45) is 71.6 Å². The van der Waals surface area contributed by atoms with Crippen LogP contribution in [0.3, 0.4) is 0 Å². The van der Waals surface area contributed by atoms with Crippen molar-refractivity contribution in [2.45, 2.75) is 94.0 Å². The van der Waals surface area contributed by atoms with Crippen LogP contribution in [0.2, 0.25) is 0 Å². The highest BCUT2D eigenvalue weighted by Gasteiger charge is 2.32. The predicted octanol–water partition coefficient (Wildman–Crippen LogP) is -6.13. The lowest BCUT2D eigenvalue weighted by Crippen LogP contribution is -2.59. The molecular weight excluding hydrogens is 835 g/mol. The number of hydrogen-bond acceptors (Lipinski definition) is 12. The first kappa shape index (κ1) is 52.9. The van der Waals surface area contributed by atoms with Crippen molar-refractivity contribution in [2.75, 3.05) is 32.8 Å². The van der Waals surface area contributed by atoms with Gasteiger partial charge in [-0.15, -0.1) is 0 Å². The minimum Gasteiger partial charge on any atom is -0.394 e. The van der Waals surface area contributed by atoms with Crippen LogP contribution in [0, 0.1) is 0 Å². The van der Waals surface area contributed by atoms with Crippen LogP contribution in [0.4, 0.5) is 0 Å². The van der Waals surface area contributed by atoms with Gasteiger partial charge in [0.25, 0.3) is 0 Å². The number of carbonyl (C=O) groups excluding carboxylic acids is 6. The SMILES string of the molecule is NC(N)=NCCC[C@H](NC(=O)[C@H](CCCN=C(N)N)NC(=O)[C@H](CCCN=C(N)N)NC(=O)[C@@H](N)CCCN=C(N)N)C(=O)N[C@@H](CO)C(=O)N[C@H](C=O)Cc1c[nH]c2ccccc12. The van der Waals surface area contributed by atoms with Crippen molar-refractivity contribution < 1.29 is 33.9 Å². The molecule has 1 aromatic heterocycles. The molecule has 0 unspecified atom stereocenters. The minimum absolute atomic E-state index is 0.0184. The van der Waals surface area contributed by atoms with E-state index in [9.17, 15) is 33.9 Å². The molecule has 1 aromatic carbocycles. The lowest BCUT2D eigenvalue weighted by molar-refractivity contribution is -0.135. The van der Waals surface area contributed by atoms with E-state index in [-0.39, 0.29) is 101 Å². The van der Waals surface area contributed by atoms with Crippen LogP contribution in [0.5, 0.6) is 0 Å². The average Bonchev–Trinajstić information content (AvgIpc) is 3.65. The molecule has 64 heavy (non-hydrogen) atoms. The number of para-hydroxylation sites is 1. The molecule has 2 rings (SSSR count). The number of aliphatic hydroxyl groups excluding tert-OH is 1. The van der Waals surface area contributed by atoms with E-state index in [4.69, 9.17) is 51.6 Å². The number of carbonyl (C=O) groups is 6. The van der Waals surface area contributed by atoms with Gasteiger partial charge >= 0.3 is 0 Å².